The largest absolute Gasteiger partial charge is 0.355 e. The summed E-state index contributed by atoms with van der Waals surface area (Å²) in [4.78, 5) is 14.0. The van der Waals surface area contributed by atoms with Crippen LogP contribution in [0.1, 0.15) is 36.2 Å². The lowest BCUT2D eigenvalue weighted by Gasteiger charge is -2.15. The summed E-state index contributed by atoms with van der Waals surface area (Å²) in [5.74, 6) is 0.690. The number of unbranched alkanes of at least 4 members (excludes halogenated alkanes) is 1. The highest BCUT2D eigenvalue weighted by Gasteiger charge is 2.15. The predicted octanol–water partition coefficient (Wildman–Crippen LogP) is 1.39. The molecule has 2 rings (SSSR count). The summed E-state index contributed by atoms with van der Waals surface area (Å²) < 4.78 is 0. The molecule has 1 aromatic rings. The lowest BCUT2D eigenvalue weighted by molar-refractivity contribution is 0.0947. The Morgan fingerprint density at radius 2 is 1.90 bits per heavy atom. The van der Waals surface area contributed by atoms with Crippen molar-refractivity contribution >= 4 is 36.5 Å². The van der Waals surface area contributed by atoms with Crippen molar-refractivity contribution in [2.45, 2.75) is 25.7 Å². The van der Waals surface area contributed by atoms with E-state index in [1.54, 1.807) is 6.07 Å². The molecular formula is C13H23Cl2N5O. The molecule has 1 fully saturated rings. The number of carbonyl (C=O) groups is 1. The Morgan fingerprint density at radius 1 is 1.19 bits per heavy atom. The molecule has 120 valence electrons. The summed E-state index contributed by atoms with van der Waals surface area (Å²) in [5, 5.41) is 10.9. The molecule has 2 heterocycles. The van der Waals surface area contributed by atoms with Gasteiger partial charge in [-0.25, -0.2) is 0 Å². The van der Waals surface area contributed by atoms with E-state index < -0.39 is 0 Å². The highest BCUT2D eigenvalue weighted by atomic mass is 35.5. The Morgan fingerprint density at radius 3 is 2.48 bits per heavy atom. The zero-order chi connectivity index (χ0) is 13.5. The molecule has 3 N–H and O–H groups in total. The van der Waals surface area contributed by atoms with Crippen LogP contribution in [0.25, 0.3) is 0 Å². The topological polar surface area (TPSA) is 84.1 Å². The van der Waals surface area contributed by atoms with E-state index in [0.29, 0.717) is 18.8 Å². The average molecular weight is 336 g/mol. The van der Waals surface area contributed by atoms with Crippen LogP contribution in [0.2, 0.25) is 0 Å². The van der Waals surface area contributed by atoms with Crippen LogP contribution in [-0.4, -0.2) is 42.3 Å². The van der Waals surface area contributed by atoms with Gasteiger partial charge in [-0.2, -0.15) is 0 Å². The molecule has 1 amide bonds. The summed E-state index contributed by atoms with van der Waals surface area (Å²) in [6.07, 6.45) is 4.21. The van der Waals surface area contributed by atoms with Crippen molar-refractivity contribution in [3.63, 3.8) is 0 Å². The Labute approximate surface area is 137 Å². The number of hydrogen-bond acceptors (Lipinski definition) is 5. The molecule has 0 unspecified atom stereocenters. The van der Waals surface area contributed by atoms with Gasteiger partial charge in [0.2, 0.25) is 0 Å². The third-order valence-electron chi connectivity index (χ3n) is 3.23. The smallest absolute Gasteiger partial charge is 0.271 e. The van der Waals surface area contributed by atoms with Crippen LogP contribution < -0.4 is 16.0 Å². The fraction of sp³-hybridized carbons (Fsp3) is 0.615. The number of nitrogens with one attached hydrogen (secondary N) is 1. The number of rotatable bonds is 6. The first kappa shape index (κ1) is 19.9. The number of carbonyl (C=O) groups excluding carboxylic acids is 1. The zero-order valence-corrected chi connectivity index (χ0v) is 13.6. The number of anilines is 1. The molecule has 1 aromatic heterocycles. The number of nitrogens with zero attached hydrogens (tertiary/aromatic N) is 3. The highest BCUT2D eigenvalue weighted by molar-refractivity contribution is 5.92. The number of halogens is 2. The van der Waals surface area contributed by atoms with Crippen molar-refractivity contribution < 1.29 is 4.79 Å². The van der Waals surface area contributed by atoms with Crippen molar-refractivity contribution in [1.82, 2.24) is 15.5 Å². The predicted molar refractivity (Wildman–Crippen MR) is 88.6 cm³/mol. The Hall–Kier alpha value is -1.11. The van der Waals surface area contributed by atoms with Gasteiger partial charge in [-0.1, -0.05) is 0 Å². The molecule has 1 aliphatic rings. The van der Waals surface area contributed by atoms with Crippen molar-refractivity contribution in [2.75, 3.05) is 31.1 Å². The van der Waals surface area contributed by atoms with Crippen molar-refractivity contribution in [2.24, 2.45) is 5.73 Å². The molecule has 0 aromatic carbocycles. The van der Waals surface area contributed by atoms with E-state index in [0.717, 1.165) is 31.7 Å². The van der Waals surface area contributed by atoms with Gasteiger partial charge in [0.15, 0.2) is 11.5 Å². The fourth-order valence-electron chi connectivity index (χ4n) is 2.12. The molecule has 6 nitrogen and oxygen atoms in total. The van der Waals surface area contributed by atoms with Crippen LogP contribution in [0.3, 0.4) is 0 Å². The van der Waals surface area contributed by atoms with Gasteiger partial charge in [-0.05, 0) is 44.4 Å². The van der Waals surface area contributed by atoms with Gasteiger partial charge < -0.3 is 16.0 Å². The minimum absolute atomic E-state index is 0. The monoisotopic (exact) mass is 335 g/mol. The summed E-state index contributed by atoms with van der Waals surface area (Å²) in [7, 11) is 0. The maximum atomic E-state index is 11.8. The molecule has 0 saturated carbocycles. The van der Waals surface area contributed by atoms with Gasteiger partial charge in [0.25, 0.3) is 5.91 Å². The fourth-order valence-corrected chi connectivity index (χ4v) is 2.12. The van der Waals surface area contributed by atoms with E-state index in [1.165, 1.54) is 12.8 Å². The van der Waals surface area contributed by atoms with E-state index in [4.69, 9.17) is 5.73 Å². The Kier molecular flexibility index (Phi) is 10.0. The van der Waals surface area contributed by atoms with Gasteiger partial charge >= 0.3 is 0 Å². The van der Waals surface area contributed by atoms with Gasteiger partial charge in [-0.15, -0.1) is 35.0 Å². The molecule has 0 bridgehead atoms. The normalized spacial score (nSPS) is 13.3. The van der Waals surface area contributed by atoms with Crippen LogP contribution in [0.5, 0.6) is 0 Å². The van der Waals surface area contributed by atoms with Gasteiger partial charge in [0.05, 0.1) is 0 Å². The van der Waals surface area contributed by atoms with Crippen LogP contribution in [0.4, 0.5) is 5.82 Å². The minimum atomic E-state index is -0.169. The van der Waals surface area contributed by atoms with Crippen molar-refractivity contribution in [3.8, 4) is 0 Å². The summed E-state index contributed by atoms with van der Waals surface area (Å²) >= 11 is 0. The third-order valence-corrected chi connectivity index (χ3v) is 3.23. The second-order valence-corrected chi connectivity index (χ2v) is 4.72. The molecule has 0 radical (unpaired) electrons. The van der Waals surface area contributed by atoms with Gasteiger partial charge in [0, 0.05) is 19.6 Å². The SMILES string of the molecule is Cl.Cl.NCCCCNC(=O)c1ccc(N2CCCC2)nn1. The third kappa shape index (κ3) is 6.03. The Bertz CT molecular complexity index is 410. The number of nitrogens with two attached hydrogens (primary N) is 1. The lowest BCUT2D eigenvalue weighted by Crippen LogP contribution is -2.26. The van der Waals surface area contributed by atoms with Crippen molar-refractivity contribution in [1.29, 1.82) is 0 Å². The second kappa shape index (κ2) is 10.6. The number of aromatic nitrogens is 2. The first-order valence-corrected chi connectivity index (χ1v) is 6.88. The minimum Gasteiger partial charge on any atom is -0.355 e. The molecule has 0 aliphatic carbocycles. The summed E-state index contributed by atoms with van der Waals surface area (Å²) in [6, 6.07) is 3.60. The molecule has 1 aliphatic heterocycles. The van der Waals surface area contributed by atoms with E-state index in [2.05, 4.69) is 20.4 Å². The lowest BCUT2D eigenvalue weighted by atomic mass is 10.3. The van der Waals surface area contributed by atoms with Crippen LogP contribution in [0.15, 0.2) is 12.1 Å². The first-order valence-electron chi connectivity index (χ1n) is 6.88. The standard InChI is InChI=1S/C13H21N5O.2ClH/c14-7-1-2-8-15-13(19)11-5-6-12(17-16-11)18-9-3-4-10-18;;/h5-6H,1-4,7-10,14H2,(H,15,19);2*1H. The molecule has 21 heavy (non-hydrogen) atoms. The first-order chi connectivity index (χ1) is 9.31. The Balaban J connectivity index is 0.00000200. The van der Waals surface area contributed by atoms with Crippen LogP contribution >= 0.6 is 24.8 Å². The quantitative estimate of drug-likeness (QED) is 0.767. The van der Waals surface area contributed by atoms with Crippen molar-refractivity contribution in [3.05, 3.63) is 17.8 Å². The molecular weight excluding hydrogens is 313 g/mol. The van der Waals surface area contributed by atoms with E-state index in [1.807, 2.05) is 6.07 Å². The maximum Gasteiger partial charge on any atom is 0.271 e. The number of hydrogen-bond donors (Lipinski definition) is 2. The second-order valence-electron chi connectivity index (χ2n) is 4.72. The number of amides is 1. The molecule has 0 spiro atoms. The van der Waals surface area contributed by atoms with E-state index in [-0.39, 0.29) is 30.7 Å². The van der Waals surface area contributed by atoms with E-state index >= 15 is 0 Å². The zero-order valence-electron chi connectivity index (χ0n) is 12.0. The molecule has 0 atom stereocenters. The summed E-state index contributed by atoms with van der Waals surface area (Å²) in [5.41, 5.74) is 5.76. The van der Waals surface area contributed by atoms with Crippen LogP contribution in [0, 0.1) is 0 Å². The average Bonchev–Trinajstić information content (AvgIpc) is 2.98. The van der Waals surface area contributed by atoms with Gasteiger partial charge in [0.1, 0.15) is 0 Å². The molecule has 8 heteroatoms. The van der Waals surface area contributed by atoms with E-state index in [9.17, 15) is 4.79 Å². The summed E-state index contributed by atoms with van der Waals surface area (Å²) in [6.45, 7) is 3.34. The van der Waals surface area contributed by atoms with Gasteiger partial charge in [-0.3, -0.25) is 4.79 Å². The maximum absolute atomic E-state index is 11.8. The molecule has 1 saturated heterocycles. The van der Waals surface area contributed by atoms with Crippen LogP contribution in [-0.2, 0) is 0 Å². The highest BCUT2D eigenvalue weighted by Crippen LogP contribution is 2.16.